The van der Waals surface area contributed by atoms with Gasteiger partial charge in [-0.1, -0.05) is 25.3 Å². The molecule has 1 aliphatic carbocycles. The Morgan fingerprint density at radius 2 is 2.00 bits per heavy atom. The van der Waals surface area contributed by atoms with Crippen molar-refractivity contribution < 1.29 is 4.39 Å². The highest BCUT2D eigenvalue weighted by molar-refractivity contribution is 7.98. The molecule has 94 valence electrons. The minimum Gasteiger partial charge on any atom is -0.330 e. The second kappa shape index (κ2) is 5.40. The molecular formula is C14H20FNS. The summed E-state index contributed by atoms with van der Waals surface area (Å²) < 4.78 is 14.2. The van der Waals surface area contributed by atoms with Crippen molar-refractivity contribution in [3.05, 3.63) is 29.6 Å². The van der Waals surface area contributed by atoms with Gasteiger partial charge in [-0.05, 0) is 36.8 Å². The average Bonchev–Trinajstić information content (AvgIpc) is 2.39. The van der Waals surface area contributed by atoms with Crippen LogP contribution < -0.4 is 5.73 Å². The van der Waals surface area contributed by atoms with Crippen LogP contribution in [0, 0.1) is 5.82 Å². The number of thioether (sulfide) groups is 1. The van der Waals surface area contributed by atoms with E-state index in [1.807, 2.05) is 18.4 Å². The number of benzene rings is 1. The van der Waals surface area contributed by atoms with E-state index in [2.05, 4.69) is 0 Å². The summed E-state index contributed by atoms with van der Waals surface area (Å²) in [5.41, 5.74) is 6.66. The molecule has 17 heavy (non-hydrogen) atoms. The molecule has 0 amide bonds. The molecule has 0 spiro atoms. The van der Waals surface area contributed by atoms with Gasteiger partial charge in [0.15, 0.2) is 0 Å². The predicted molar refractivity (Wildman–Crippen MR) is 72.0 cm³/mol. The highest BCUT2D eigenvalue weighted by Crippen LogP contribution is 2.40. The maximum absolute atomic E-state index is 14.2. The molecule has 2 N–H and O–H groups in total. The smallest absolute Gasteiger partial charge is 0.128 e. The lowest BCUT2D eigenvalue weighted by Gasteiger charge is -2.37. The van der Waals surface area contributed by atoms with Gasteiger partial charge in [0.1, 0.15) is 5.82 Å². The van der Waals surface area contributed by atoms with Crippen molar-refractivity contribution in [2.75, 3.05) is 12.8 Å². The summed E-state index contributed by atoms with van der Waals surface area (Å²) in [6.45, 7) is 0.558. The Hall–Kier alpha value is -0.540. The van der Waals surface area contributed by atoms with Crippen molar-refractivity contribution in [1.29, 1.82) is 0 Å². The second-order valence-corrected chi connectivity index (χ2v) is 5.77. The highest BCUT2D eigenvalue weighted by Gasteiger charge is 2.34. The number of nitrogens with two attached hydrogens (primary N) is 1. The Morgan fingerprint density at radius 3 is 2.53 bits per heavy atom. The van der Waals surface area contributed by atoms with Gasteiger partial charge in [0.25, 0.3) is 0 Å². The first kappa shape index (κ1) is 12.9. The molecular weight excluding hydrogens is 233 g/mol. The van der Waals surface area contributed by atoms with Crippen LogP contribution in [0.3, 0.4) is 0 Å². The standard InChI is InChI=1S/C14H20FNS/c1-17-11-5-6-12(13(15)9-11)14(10-16)7-3-2-4-8-14/h5-6,9H,2-4,7-8,10,16H2,1H3. The fourth-order valence-corrected chi connectivity index (χ4v) is 3.29. The first-order valence-electron chi connectivity index (χ1n) is 6.26. The number of hydrogen-bond donors (Lipinski definition) is 1. The van der Waals surface area contributed by atoms with Crippen LogP contribution in [0.15, 0.2) is 23.1 Å². The second-order valence-electron chi connectivity index (χ2n) is 4.89. The third kappa shape index (κ3) is 2.50. The van der Waals surface area contributed by atoms with E-state index in [-0.39, 0.29) is 11.2 Å². The Labute approximate surface area is 107 Å². The predicted octanol–water partition coefficient (Wildman–Crippen LogP) is 3.71. The number of hydrogen-bond acceptors (Lipinski definition) is 2. The molecule has 0 atom stereocenters. The Morgan fingerprint density at radius 1 is 1.29 bits per heavy atom. The zero-order valence-electron chi connectivity index (χ0n) is 10.3. The van der Waals surface area contributed by atoms with Gasteiger partial charge >= 0.3 is 0 Å². The zero-order valence-corrected chi connectivity index (χ0v) is 11.2. The molecule has 1 aromatic carbocycles. The molecule has 0 bridgehead atoms. The summed E-state index contributed by atoms with van der Waals surface area (Å²) in [5, 5.41) is 0. The quantitative estimate of drug-likeness (QED) is 0.831. The van der Waals surface area contributed by atoms with E-state index in [9.17, 15) is 4.39 Å². The van der Waals surface area contributed by atoms with Crippen LogP contribution in [0.25, 0.3) is 0 Å². The van der Waals surface area contributed by atoms with E-state index >= 15 is 0 Å². The zero-order chi connectivity index (χ0) is 12.3. The fraction of sp³-hybridized carbons (Fsp3) is 0.571. The van der Waals surface area contributed by atoms with Gasteiger partial charge < -0.3 is 5.73 Å². The highest BCUT2D eigenvalue weighted by atomic mass is 32.2. The molecule has 0 heterocycles. The lowest BCUT2D eigenvalue weighted by molar-refractivity contribution is 0.291. The topological polar surface area (TPSA) is 26.0 Å². The molecule has 0 unspecified atom stereocenters. The number of rotatable bonds is 3. The van der Waals surface area contributed by atoms with E-state index in [4.69, 9.17) is 5.73 Å². The Balaban J connectivity index is 2.36. The maximum atomic E-state index is 14.2. The molecule has 0 aliphatic heterocycles. The van der Waals surface area contributed by atoms with Crippen LogP contribution in [0.4, 0.5) is 4.39 Å². The summed E-state index contributed by atoms with van der Waals surface area (Å²) in [6.07, 6.45) is 7.61. The van der Waals surface area contributed by atoms with Crippen molar-refractivity contribution in [2.24, 2.45) is 5.73 Å². The van der Waals surface area contributed by atoms with Crippen LogP contribution in [-0.4, -0.2) is 12.8 Å². The van der Waals surface area contributed by atoms with Crippen molar-refractivity contribution in [1.82, 2.24) is 0 Å². The van der Waals surface area contributed by atoms with E-state index < -0.39 is 0 Å². The first-order valence-corrected chi connectivity index (χ1v) is 7.48. The van der Waals surface area contributed by atoms with Gasteiger partial charge in [-0.15, -0.1) is 11.8 Å². The SMILES string of the molecule is CSc1ccc(C2(CN)CCCCC2)c(F)c1. The third-order valence-corrected chi connectivity index (χ3v) is 4.67. The molecule has 1 saturated carbocycles. The molecule has 1 aromatic rings. The number of halogens is 1. The lowest BCUT2D eigenvalue weighted by Crippen LogP contribution is -2.37. The van der Waals surface area contributed by atoms with Gasteiger partial charge in [-0.25, -0.2) is 4.39 Å². The summed E-state index contributed by atoms with van der Waals surface area (Å²) in [4.78, 5) is 0.981. The molecule has 0 saturated heterocycles. The monoisotopic (exact) mass is 253 g/mol. The molecule has 0 radical (unpaired) electrons. The first-order chi connectivity index (χ1) is 8.22. The minimum atomic E-state index is -0.112. The Bertz CT molecular complexity index is 386. The Kier molecular flexibility index (Phi) is 4.10. The van der Waals surface area contributed by atoms with Crippen LogP contribution in [-0.2, 0) is 5.41 Å². The van der Waals surface area contributed by atoms with Crippen molar-refractivity contribution in [3.63, 3.8) is 0 Å². The van der Waals surface area contributed by atoms with E-state index in [1.54, 1.807) is 17.8 Å². The maximum Gasteiger partial charge on any atom is 0.128 e. The van der Waals surface area contributed by atoms with E-state index in [1.165, 1.54) is 19.3 Å². The summed E-state index contributed by atoms with van der Waals surface area (Å²) >= 11 is 1.57. The van der Waals surface area contributed by atoms with Gasteiger partial charge in [0, 0.05) is 16.9 Å². The van der Waals surface area contributed by atoms with Crippen molar-refractivity contribution in [3.8, 4) is 0 Å². The van der Waals surface area contributed by atoms with Gasteiger partial charge in [0.05, 0.1) is 0 Å². The van der Waals surface area contributed by atoms with E-state index in [0.717, 1.165) is 23.3 Å². The summed E-state index contributed by atoms with van der Waals surface area (Å²) in [5.74, 6) is -0.0794. The normalized spacial score (nSPS) is 19.2. The van der Waals surface area contributed by atoms with Crippen LogP contribution in [0.2, 0.25) is 0 Å². The summed E-state index contributed by atoms with van der Waals surface area (Å²) in [7, 11) is 0. The van der Waals surface area contributed by atoms with Crippen molar-refractivity contribution >= 4 is 11.8 Å². The molecule has 3 heteroatoms. The van der Waals surface area contributed by atoms with Crippen LogP contribution in [0.5, 0.6) is 0 Å². The van der Waals surface area contributed by atoms with E-state index in [0.29, 0.717) is 6.54 Å². The van der Waals surface area contributed by atoms with Gasteiger partial charge in [0.2, 0.25) is 0 Å². The molecule has 1 aliphatic rings. The van der Waals surface area contributed by atoms with Crippen molar-refractivity contribution in [2.45, 2.75) is 42.4 Å². The molecule has 0 aromatic heterocycles. The minimum absolute atomic E-state index is 0.0794. The lowest BCUT2D eigenvalue weighted by atomic mass is 9.69. The molecule has 2 rings (SSSR count). The molecule has 1 nitrogen and oxygen atoms in total. The van der Waals surface area contributed by atoms with Crippen LogP contribution >= 0.6 is 11.8 Å². The van der Waals surface area contributed by atoms with Crippen LogP contribution in [0.1, 0.15) is 37.7 Å². The summed E-state index contributed by atoms with van der Waals surface area (Å²) in [6, 6.07) is 5.60. The largest absolute Gasteiger partial charge is 0.330 e. The van der Waals surface area contributed by atoms with Gasteiger partial charge in [-0.3, -0.25) is 0 Å². The van der Waals surface area contributed by atoms with Gasteiger partial charge in [-0.2, -0.15) is 0 Å². The molecule has 1 fully saturated rings. The average molecular weight is 253 g/mol. The third-order valence-electron chi connectivity index (χ3n) is 3.95. The fourth-order valence-electron chi connectivity index (χ4n) is 2.86.